The summed E-state index contributed by atoms with van der Waals surface area (Å²) in [6.45, 7) is 3.86. The van der Waals surface area contributed by atoms with E-state index < -0.39 is 0 Å². The van der Waals surface area contributed by atoms with Crippen LogP contribution < -0.4 is 15.1 Å². The minimum Gasteiger partial charge on any atom is -0.365 e. The smallest absolute Gasteiger partial charge is 0.270 e. The highest BCUT2D eigenvalue weighted by atomic mass is 19.1. The van der Waals surface area contributed by atoms with Crippen molar-refractivity contribution in [3.63, 3.8) is 0 Å². The molecule has 4 saturated carbocycles. The Kier molecular flexibility index (Phi) is 4.98. The van der Waals surface area contributed by atoms with Crippen molar-refractivity contribution < 1.29 is 9.18 Å². The number of nitrogens with one attached hydrogen (secondary N) is 1. The fraction of sp³-hybridized carbons (Fsp3) is 0.538. The molecule has 1 aromatic carbocycles. The van der Waals surface area contributed by atoms with Crippen LogP contribution in [0.2, 0.25) is 0 Å². The summed E-state index contributed by atoms with van der Waals surface area (Å²) >= 11 is 0. The van der Waals surface area contributed by atoms with E-state index in [1.807, 2.05) is 11.0 Å². The molecule has 34 heavy (non-hydrogen) atoms. The van der Waals surface area contributed by atoms with Gasteiger partial charge in [-0.25, -0.2) is 14.4 Å². The number of carbonyl (C=O) groups excluding carboxylic acids is 1. The third kappa shape index (κ3) is 3.49. The van der Waals surface area contributed by atoms with E-state index in [4.69, 9.17) is 5.26 Å². The van der Waals surface area contributed by atoms with Gasteiger partial charge in [0.1, 0.15) is 11.5 Å². The van der Waals surface area contributed by atoms with Gasteiger partial charge in [-0.3, -0.25) is 4.79 Å². The van der Waals surface area contributed by atoms with Crippen LogP contribution >= 0.6 is 0 Å². The maximum Gasteiger partial charge on any atom is 0.270 e. The summed E-state index contributed by atoms with van der Waals surface area (Å²) in [7, 11) is 0. The molecule has 5 fully saturated rings. The molecule has 1 aromatic heterocycles. The summed E-state index contributed by atoms with van der Waals surface area (Å²) in [5.74, 6) is 2.23. The largest absolute Gasteiger partial charge is 0.365 e. The van der Waals surface area contributed by atoms with Crippen LogP contribution in [0.3, 0.4) is 0 Å². The van der Waals surface area contributed by atoms with Crippen molar-refractivity contribution >= 4 is 17.5 Å². The zero-order chi connectivity index (χ0) is 23.4. The highest BCUT2D eigenvalue weighted by Crippen LogP contribution is 2.60. The molecule has 7 rings (SSSR count). The van der Waals surface area contributed by atoms with E-state index in [9.17, 15) is 9.18 Å². The van der Waals surface area contributed by atoms with Gasteiger partial charge in [0.25, 0.3) is 5.91 Å². The lowest BCUT2D eigenvalue weighted by atomic mass is 9.80. The van der Waals surface area contributed by atoms with E-state index >= 15 is 0 Å². The maximum absolute atomic E-state index is 14.5. The Morgan fingerprint density at radius 3 is 2.71 bits per heavy atom. The van der Waals surface area contributed by atoms with Gasteiger partial charge >= 0.3 is 0 Å². The van der Waals surface area contributed by atoms with Gasteiger partial charge in [-0.1, -0.05) is 0 Å². The Bertz CT molecular complexity index is 1160. The van der Waals surface area contributed by atoms with Crippen LogP contribution in [0.4, 0.5) is 16.0 Å². The van der Waals surface area contributed by atoms with Crippen molar-refractivity contribution in [2.24, 2.45) is 17.8 Å². The molecule has 1 amide bonds. The Hall–Kier alpha value is -3.21. The van der Waals surface area contributed by atoms with Crippen LogP contribution in [0.15, 0.2) is 30.5 Å². The SMILES string of the molecule is CC1CN(c2ccc(C#N)cc2F)CCN1c1nccc(C(=O)NC23C[C@@H]4CC2C[C@@H](C4)C3)n1. The first-order chi connectivity index (χ1) is 16.4. The van der Waals surface area contributed by atoms with Crippen molar-refractivity contribution in [2.75, 3.05) is 29.4 Å². The topological polar surface area (TPSA) is 85.2 Å². The van der Waals surface area contributed by atoms with E-state index in [1.165, 1.54) is 25.3 Å². The number of piperazine rings is 1. The fourth-order valence-corrected chi connectivity index (χ4v) is 7.21. The van der Waals surface area contributed by atoms with Gasteiger partial charge in [0.2, 0.25) is 5.95 Å². The zero-order valence-corrected chi connectivity index (χ0v) is 19.4. The van der Waals surface area contributed by atoms with Crippen LogP contribution in [0, 0.1) is 34.9 Å². The van der Waals surface area contributed by atoms with Crippen LogP contribution in [0.1, 0.15) is 55.1 Å². The van der Waals surface area contributed by atoms with Crippen LogP contribution in [-0.2, 0) is 0 Å². The van der Waals surface area contributed by atoms with Crippen LogP contribution in [-0.4, -0.2) is 47.1 Å². The van der Waals surface area contributed by atoms with E-state index in [0.29, 0.717) is 48.4 Å². The summed E-state index contributed by atoms with van der Waals surface area (Å²) in [6, 6.07) is 8.28. The molecule has 1 N–H and O–H groups in total. The third-order valence-electron chi connectivity index (χ3n) is 8.53. The number of rotatable bonds is 4. The summed E-state index contributed by atoms with van der Waals surface area (Å²) in [5, 5.41) is 12.4. The Balaban J connectivity index is 1.15. The summed E-state index contributed by atoms with van der Waals surface area (Å²) in [6.07, 6.45) is 7.74. The molecule has 3 unspecified atom stereocenters. The van der Waals surface area contributed by atoms with Gasteiger partial charge in [0, 0.05) is 37.4 Å². The Morgan fingerprint density at radius 2 is 2.00 bits per heavy atom. The molecule has 176 valence electrons. The highest BCUT2D eigenvalue weighted by molar-refractivity contribution is 5.93. The molecule has 4 bridgehead atoms. The zero-order valence-electron chi connectivity index (χ0n) is 19.4. The number of nitrogens with zero attached hydrogens (tertiary/aromatic N) is 5. The van der Waals surface area contributed by atoms with Gasteiger partial charge in [-0.05, 0) is 81.0 Å². The van der Waals surface area contributed by atoms with Gasteiger partial charge in [-0.15, -0.1) is 0 Å². The van der Waals surface area contributed by atoms with Crippen LogP contribution in [0.25, 0.3) is 0 Å². The molecule has 2 heterocycles. The first kappa shape index (κ1) is 21.3. The summed E-state index contributed by atoms with van der Waals surface area (Å²) in [4.78, 5) is 26.4. The van der Waals surface area contributed by atoms with Gasteiger partial charge in [0.15, 0.2) is 0 Å². The van der Waals surface area contributed by atoms with Gasteiger partial charge in [-0.2, -0.15) is 5.26 Å². The molecule has 5 atom stereocenters. The number of halogens is 1. The van der Waals surface area contributed by atoms with Gasteiger partial charge < -0.3 is 15.1 Å². The minimum absolute atomic E-state index is 0.0279. The number of amides is 1. The van der Waals surface area contributed by atoms with Crippen molar-refractivity contribution in [3.8, 4) is 6.07 Å². The first-order valence-corrected chi connectivity index (χ1v) is 12.3. The van der Waals surface area contributed by atoms with E-state index in [1.54, 1.807) is 24.4 Å². The standard InChI is InChI=1S/C26H29FN6O/c1-16-15-32(23-3-2-17(14-28)11-21(23)27)6-7-33(16)25-29-5-4-22(30-25)24(34)31-26-12-18-8-19(13-26)10-20(26)9-18/h2-5,11,16,18-20H,6-10,12-13,15H2,1H3,(H,31,34)/t16?,18-,19+,20?,26?. The number of nitriles is 1. The quantitative estimate of drug-likeness (QED) is 0.752. The number of aromatic nitrogens is 2. The lowest BCUT2D eigenvalue weighted by Gasteiger charge is -2.41. The molecule has 1 saturated heterocycles. The first-order valence-electron chi connectivity index (χ1n) is 12.3. The number of benzene rings is 1. The second-order valence-corrected chi connectivity index (χ2v) is 10.7. The summed E-state index contributed by atoms with van der Waals surface area (Å²) in [5.41, 5.74) is 1.20. The average Bonchev–Trinajstić information content (AvgIpc) is 3.21. The molecular formula is C26H29FN6O. The molecule has 1 aliphatic heterocycles. The molecule has 2 aromatic rings. The summed E-state index contributed by atoms with van der Waals surface area (Å²) < 4.78 is 14.5. The number of carbonyl (C=O) groups is 1. The molecule has 5 aliphatic rings. The maximum atomic E-state index is 14.5. The predicted octanol–water partition coefficient (Wildman–Crippen LogP) is 3.51. The predicted molar refractivity (Wildman–Crippen MR) is 126 cm³/mol. The number of anilines is 2. The van der Waals surface area contributed by atoms with Crippen molar-refractivity contribution in [2.45, 2.75) is 50.6 Å². The normalized spacial score (nSPS) is 31.6. The monoisotopic (exact) mass is 460 g/mol. The molecule has 4 aliphatic carbocycles. The Morgan fingerprint density at radius 1 is 1.21 bits per heavy atom. The van der Waals surface area contributed by atoms with E-state index in [2.05, 4.69) is 27.1 Å². The number of hydrogen-bond acceptors (Lipinski definition) is 6. The van der Waals surface area contributed by atoms with Gasteiger partial charge in [0.05, 0.1) is 17.3 Å². The molecule has 0 spiro atoms. The lowest BCUT2D eigenvalue weighted by Crippen LogP contribution is -2.53. The highest BCUT2D eigenvalue weighted by Gasteiger charge is 2.58. The fourth-order valence-electron chi connectivity index (χ4n) is 7.21. The minimum atomic E-state index is -0.385. The molecular weight excluding hydrogens is 431 g/mol. The van der Waals surface area contributed by atoms with Crippen molar-refractivity contribution in [3.05, 3.63) is 47.5 Å². The molecule has 7 nitrogen and oxygen atoms in total. The second-order valence-electron chi connectivity index (χ2n) is 10.7. The van der Waals surface area contributed by atoms with Crippen LogP contribution in [0.5, 0.6) is 0 Å². The average molecular weight is 461 g/mol. The molecule has 8 heteroatoms. The second kappa shape index (κ2) is 7.93. The molecule has 0 radical (unpaired) electrons. The van der Waals surface area contributed by atoms with Crippen molar-refractivity contribution in [1.82, 2.24) is 15.3 Å². The Labute approximate surface area is 199 Å². The number of hydrogen-bond donors (Lipinski definition) is 1. The lowest BCUT2D eigenvalue weighted by molar-refractivity contribution is 0.0869. The van der Waals surface area contributed by atoms with Crippen molar-refractivity contribution in [1.29, 1.82) is 5.26 Å². The third-order valence-corrected chi connectivity index (χ3v) is 8.53. The van der Waals surface area contributed by atoms with E-state index in [-0.39, 0.29) is 23.3 Å². The van der Waals surface area contributed by atoms with E-state index in [0.717, 1.165) is 24.7 Å².